The van der Waals surface area contributed by atoms with Gasteiger partial charge in [0.05, 0.1) is 24.9 Å². The van der Waals surface area contributed by atoms with Gasteiger partial charge >= 0.3 is 0 Å². The van der Waals surface area contributed by atoms with Gasteiger partial charge in [0.15, 0.2) is 11.5 Å². The minimum atomic E-state index is 0.0896. The number of nitrogens with one attached hydrogen (secondary N) is 1. The number of ether oxygens (including phenoxy) is 1. The summed E-state index contributed by atoms with van der Waals surface area (Å²) in [6, 6.07) is 18.2. The number of morpholine rings is 1. The molecule has 4 aromatic rings. The molecule has 9 heteroatoms. The van der Waals surface area contributed by atoms with E-state index in [0.717, 1.165) is 41.6 Å². The van der Waals surface area contributed by atoms with Gasteiger partial charge in [-0.15, -0.1) is 0 Å². The molecular weight excluding hydrogens is 416 g/mol. The van der Waals surface area contributed by atoms with E-state index in [-0.39, 0.29) is 6.04 Å². The number of aromatic nitrogens is 4. The van der Waals surface area contributed by atoms with Crippen molar-refractivity contribution in [1.29, 1.82) is 0 Å². The number of nitrogens with two attached hydrogens (primary N) is 1. The number of nitrogens with zero attached hydrogens (tertiary/aromatic N) is 6. The van der Waals surface area contributed by atoms with Crippen molar-refractivity contribution in [2.45, 2.75) is 6.04 Å². The molecule has 0 bridgehead atoms. The molecule has 6 rings (SSSR count). The van der Waals surface area contributed by atoms with Gasteiger partial charge in [-0.25, -0.2) is 15.4 Å². The summed E-state index contributed by atoms with van der Waals surface area (Å²) in [5.74, 6) is 2.21. The molecule has 5 heterocycles. The molecule has 3 aromatic heterocycles. The van der Waals surface area contributed by atoms with Crippen LogP contribution in [0.3, 0.4) is 0 Å². The van der Waals surface area contributed by atoms with E-state index < -0.39 is 0 Å². The third-order valence-electron chi connectivity index (χ3n) is 5.96. The maximum Gasteiger partial charge on any atom is 0.160 e. The molecule has 166 valence electrons. The van der Waals surface area contributed by atoms with Gasteiger partial charge < -0.3 is 15.4 Å². The Morgan fingerprint density at radius 3 is 2.70 bits per heavy atom. The maximum atomic E-state index is 6.12. The van der Waals surface area contributed by atoms with Crippen LogP contribution >= 0.6 is 0 Å². The lowest BCUT2D eigenvalue weighted by Crippen LogP contribution is -2.38. The van der Waals surface area contributed by atoms with Crippen LogP contribution in [0.4, 0.5) is 17.5 Å². The second-order valence-electron chi connectivity index (χ2n) is 8.04. The van der Waals surface area contributed by atoms with Gasteiger partial charge in [-0.2, -0.15) is 9.61 Å². The van der Waals surface area contributed by atoms with E-state index in [0.29, 0.717) is 19.0 Å². The molecule has 2 aliphatic heterocycles. The molecular formula is C24H24N8O. The molecule has 1 fully saturated rings. The minimum absolute atomic E-state index is 0.0896. The number of hydrazine groups is 1. The summed E-state index contributed by atoms with van der Waals surface area (Å²) in [6.45, 7) is 2.94. The number of fused-ring (bicyclic) bond motifs is 1. The van der Waals surface area contributed by atoms with E-state index in [1.807, 2.05) is 52.1 Å². The molecule has 33 heavy (non-hydrogen) atoms. The first kappa shape index (κ1) is 19.7. The van der Waals surface area contributed by atoms with Gasteiger partial charge in [0.1, 0.15) is 11.6 Å². The summed E-state index contributed by atoms with van der Waals surface area (Å²) in [5, 5.41) is 6.81. The van der Waals surface area contributed by atoms with Crippen LogP contribution < -0.4 is 21.1 Å². The fourth-order valence-corrected chi connectivity index (χ4v) is 4.25. The Morgan fingerprint density at radius 1 is 1.03 bits per heavy atom. The lowest BCUT2D eigenvalue weighted by Gasteiger charge is -2.29. The van der Waals surface area contributed by atoms with Crippen molar-refractivity contribution in [3.05, 3.63) is 78.6 Å². The van der Waals surface area contributed by atoms with Crippen LogP contribution in [-0.2, 0) is 4.74 Å². The second kappa shape index (κ2) is 8.19. The fourth-order valence-electron chi connectivity index (χ4n) is 4.25. The first-order valence-corrected chi connectivity index (χ1v) is 11.0. The first-order valence-electron chi connectivity index (χ1n) is 11.0. The summed E-state index contributed by atoms with van der Waals surface area (Å²) in [5.41, 5.74) is 13.1. The number of benzene rings is 1. The predicted molar refractivity (Wildman–Crippen MR) is 128 cm³/mol. The van der Waals surface area contributed by atoms with Crippen molar-refractivity contribution in [2.75, 3.05) is 41.9 Å². The highest BCUT2D eigenvalue weighted by molar-refractivity contribution is 5.74. The highest BCUT2D eigenvalue weighted by Crippen LogP contribution is 2.30. The van der Waals surface area contributed by atoms with Gasteiger partial charge in [-0.05, 0) is 23.8 Å². The van der Waals surface area contributed by atoms with Crippen molar-refractivity contribution in [1.82, 2.24) is 25.0 Å². The fraction of sp³-hybridized carbons (Fsp3) is 0.208. The van der Waals surface area contributed by atoms with E-state index >= 15 is 0 Å². The molecule has 3 N–H and O–H groups in total. The van der Waals surface area contributed by atoms with Crippen molar-refractivity contribution in [3.8, 4) is 11.3 Å². The van der Waals surface area contributed by atoms with Crippen LogP contribution in [0.1, 0.15) is 11.6 Å². The molecule has 1 atom stereocenters. The van der Waals surface area contributed by atoms with Crippen LogP contribution in [0.15, 0.2) is 73.1 Å². The molecule has 1 unspecified atom stereocenters. The van der Waals surface area contributed by atoms with Crippen LogP contribution in [-0.4, -0.2) is 45.9 Å². The van der Waals surface area contributed by atoms with Crippen LogP contribution in [0.2, 0.25) is 0 Å². The van der Waals surface area contributed by atoms with Gasteiger partial charge in [-0.1, -0.05) is 30.3 Å². The summed E-state index contributed by atoms with van der Waals surface area (Å²) in [7, 11) is 0. The summed E-state index contributed by atoms with van der Waals surface area (Å²) in [4.78, 5) is 11.4. The Labute approximate surface area is 191 Å². The SMILES string of the molecule is Nc1ncccc1-c1cc2nc(N3C=CC(c4ccccc4)N3)cc(N3CCOCC3)n2n1. The van der Waals surface area contributed by atoms with Crippen molar-refractivity contribution < 1.29 is 4.74 Å². The monoisotopic (exact) mass is 440 g/mol. The Kier molecular flexibility index (Phi) is 4.89. The standard InChI is InChI=1S/C24H24N8O/c25-24-18(7-4-9-26-24)20-15-22-27-21(16-23(32(22)29-20)30-11-13-33-14-12-30)31-10-8-19(28-31)17-5-2-1-3-6-17/h1-10,15-16,19,28H,11-14H2,(H2,25,26). The predicted octanol–water partition coefficient (Wildman–Crippen LogP) is 2.79. The maximum absolute atomic E-state index is 6.12. The number of nitrogen functional groups attached to an aromatic ring is 1. The average Bonchev–Trinajstić information content (AvgIpc) is 3.52. The van der Waals surface area contributed by atoms with Gasteiger partial charge in [0, 0.05) is 43.2 Å². The average molecular weight is 441 g/mol. The van der Waals surface area contributed by atoms with Crippen molar-refractivity contribution >= 4 is 23.1 Å². The Hall–Kier alpha value is -3.95. The molecule has 2 aliphatic rings. The molecule has 9 nitrogen and oxygen atoms in total. The Balaban J connectivity index is 1.41. The number of hydrogen-bond acceptors (Lipinski definition) is 8. The molecule has 0 spiro atoms. The lowest BCUT2D eigenvalue weighted by molar-refractivity contribution is 0.122. The summed E-state index contributed by atoms with van der Waals surface area (Å²) >= 11 is 0. The van der Waals surface area contributed by atoms with E-state index in [4.69, 9.17) is 20.6 Å². The normalized spacial score (nSPS) is 18.4. The quantitative estimate of drug-likeness (QED) is 0.500. The second-order valence-corrected chi connectivity index (χ2v) is 8.04. The highest BCUT2D eigenvalue weighted by atomic mass is 16.5. The topological polar surface area (TPSA) is 96.8 Å². The van der Waals surface area contributed by atoms with E-state index in [9.17, 15) is 0 Å². The summed E-state index contributed by atoms with van der Waals surface area (Å²) < 4.78 is 7.45. The third-order valence-corrected chi connectivity index (χ3v) is 5.96. The van der Waals surface area contributed by atoms with Gasteiger partial charge in [0.2, 0.25) is 0 Å². The third kappa shape index (κ3) is 3.67. The Bertz CT molecular complexity index is 1310. The molecule has 0 saturated carbocycles. The van der Waals surface area contributed by atoms with Crippen LogP contribution in [0, 0.1) is 0 Å². The van der Waals surface area contributed by atoms with Crippen molar-refractivity contribution in [2.24, 2.45) is 0 Å². The number of pyridine rings is 1. The largest absolute Gasteiger partial charge is 0.383 e. The lowest BCUT2D eigenvalue weighted by atomic mass is 10.1. The zero-order valence-electron chi connectivity index (χ0n) is 18.0. The van der Waals surface area contributed by atoms with E-state index in [1.165, 1.54) is 5.56 Å². The van der Waals surface area contributed by atoms with E-state index in [2.05, 4.69) is 39.6 Å². The molecule has 1 aromatic carbocycles. The molecule has 0 radical (unpaired) electrons. The van der Waals surface area contributed by atoms with Crippen molar-refractivity contribution in [3.63, 3.8) is 0 Å². The highest BCUT2D eigenvalue weighted by Gasteiger charge is 2.23. The van der Waals surface area contributed by atoms with Gasteiger partial charge in [-0.3, -0.25) is 5.01 Å². The smallest absolute Gasteiger partial charge is 0.160 e. The molecule has 1 saturated heterocycles. The zero-order valence-corrected chi connectivity index (χ0v) is 18.0. The summed E-state index contributed by atoms with van der Waals surface area (Å²) in [6.07, 6.45) is 5.84. The molecule has 0 aliphatic carbocycles. The van der Waals surface area contributed by atoms with E-state index in [1.54, 1.807) is 6.20 Å². The Morgan fingerprint density at radius 2 is 1.88 bits per heavy atom. The number of anilines is 3. The first-order chi connectivity index (χ1) is 16.3. The molecule has 0 amide bonds. The number of rotatable bonds is 4. The van der Waals surface area contributed by atoms with Crippen LogP contribution in [0.5, 0.6) is 0 Å². The van der Waals surface area contributed by atoms with Crippen LogP contribution in [0.25, 0.3) is 16.9 Å². The van der Waals surface area contributed by atoms with Gasteiger partial charge in [0.25, 0.3) is 0 Å². The zero-order chi connectivity index (χ0) is 22.2. The number of hydrogen-bond donors (Lipinski definition) is 2. The minimum Gasteiger partial charge on any atom is -0.383 e.